The van der Waals surface area contributed by atoms with Crippen molar-refractivity contribution in [1.29, 1.82) is 0 Å². The van der Waals surface area contributed by atoms with Crippen molar-refractivity contribution in [3.63, 3.8) is 0 Å². The number of aromatic nitrogens is 2. The van der Waals surface area contributed by atoms with Gasteiger partial charge in [-0.25, -0.2) is 0 Å². The van der Waals surface area contributed by atoms with Gasteiger partial charge in [0.25, 0.3) is 0 Å². The van der Waals surface area contributed by atoms with Gasteiger partial charge < -0.3 is 5.32 Å². The van der Waals surface area contributed by atoms with Crippen LogP contribution in [0.1, 0.15) is 23.6 Å². The van der Waals surface area contributed by atoms with E-state index >= 15 is 0 Å². The first-order chi connectivity index (χ1) is 8.63. The maximum absolute atomic E-state index is 4.35. The summed E-state index contributed by atoms with van der Waals surface area (Å²) in [6.07, 6.45) is 0. The predicted molar refractivity (Wildman–Crippen MR) is 75.8 cm³/mol. The van der Waals surface area contributed by atoms with Crippen LogP contribution in [0.5, 0.6) is 0 Å². The van der Waals surface area contributed by atoms with Gasteiger partial charge in [0.2, 0.25) is 0 Å². The van der Waals surface area contributed by atoms with E-state index in [-0.39, 0.29) is 0 Å². The zero-order valence-corrected chi connectivity index (χ0v) is 11.4. The summed E-state index contributed by atoms with van der Waals surface area (Å²) in [6, 6.07) is 8.39. The molecule has 94 valence electrons. The molecule has 0 aliphatic rings. The lowest BCUT2D eigenvalue weighted by Crippen LogP contribution is -2.06. The fraction of sp³-hybridized carbons (Fsp3) is 0.333. The summed E-state index contributed by atoms with van der Waals surface area (Å²) in [6.45, 7) is 9.19. The van der Waals surface area contributed by atoms with Crippen LogP contribution in [0.15, 0.2) is 24.3 Å². The number of aryl methyl sites for hydroxylation is 1. The molecule has 0 aliphatic carbocycles. The lowest BCUT2D eigenvalue weighted by molar-refractivity contribution is 0.987. The molecular weight excluding hydrogens is 222 g/mol. The average molecular weight is 241 g/mol. The molecule has 1 aromatic heterocycles. The van der Waals surface area contributed by atoms with E-state index < -0.39 is 0 Å². The predicted octanol–water partition coefficient (Wildman–Crippen LogP) is 3.50. The van der Waals surface area contributed by atoms with Crippen LogP contribution in [0, 0.1) is 20.8 Å². The van der Waals surface area contributed by atoms with E-state index in [1.54, 1.807) is 0 Å². The Hall–Kier alpha value is -1.90. The smallest absolute Gasteiger partial charge is 0.151 e. The van der Waals surface area contributed by atoms with Crippen molar-refractivity contribution in [2.45, 2.75) is 27.7 Å². The van der Waals surface area contributed by atoms with E-state index in [9.17, 15) is 0 Å². The Labute approximate surface area is 108 Å². The van der Waals surface area contributed by atoms with Gasteiger partial charge in [-0.05, 0) is 38.8 Å². The third-order valence-corrected chi connectivity index (χ3v) is 3.19. The van der Waals surface area contributed by atoms with Crippen LogP contribution in [0.25, 0.3) is 11.3 Å². The minimum atomic E-state index is 0.860. The zero-order chi connectivity index (χ0) is 13.1. The lowest BCUT2D eigenvalue weighted by atomic mass is 10.0. The first-order valence-electron chi connectivity index (χ1n) is 6.28. The highest BCUT2D eigenvalue weighted by Gasteiger charge is 2.10. The van der Waals surface area contributed by atoms with Gasteiger partial charge in [-0.15, -0.1) is 10.2 Å². The molecule has 0 fully saturated rings. The van der Waals surface area contributed by atoms with E-state index in [2.05, 4.69) is 67.5 Å². The molecule has 0 saturated heterocycles. The molecule has 1 heterocycles. The van der Waals surface area contributed by atoms with Crippen molar-refractivity contribution in [2.75, 3.05) is 11.9 Å². The number of rotatable bonds is 3. The third-order valence-electron chi connectivity index (χ3n) is 3.19. The maximum atomic E-state index is 4.35. The van der Waals surface area contributed by atoms with Gasteiger partial charge in [0.05, 0.1) is 5.69 Å². The van der Waals surface area contributed by atoms with Crippen LogP contribution < -0.4 is 5.32 Å². The highest BCUT2D eigenvalue weighted by atomic mass is 15.2. The molecule has 0 unspecified atom stereocenters. The second-order valence-electron chi connectivity index (χ2n) is 4.54. The summed E-state index contributed by atoms with van der Waals surface area (Å²) in [4.78, 5) is 0. The van der Waals surface area contributed by atoms with Crippen LogP contribution in [0.2, 0.25) is 0 Å². The number of nitrogens with zero attached hydrogens (tertiary/aromatic N) is 2. The minimum Gasteiger partial charge on any atom is -0.369 e. The highest BCUT2D eigenvalue weighted by molar-refractivity contribution is 5.66. The van der Waals surface area contributed by atoms with Gasteiger partial charge in [-0.3, -0.25) is 0 Å². The summed E-state index contributed by atoms with van der Waals surface area (Å²) >= 11 is 0. The lowest BCUT2D eigenvalue weighted by Gasteiger charge is -2.11. The molecule has 2 rings (SSSR count). The van der Waals surface area contributed by atoms with Crippen molar-refractivity contribution in [2.24, 2.45) is 0 Å². The molecule has 3 nitrogen and oxygen atoms in total. The Kier molecular flexibility index (Phi) is 3.60. The van der Waals surface area contributed by atoms with Gasteiger partial charge in [0, 0.05) is 12.1 Å². The monoisotopic (exact) mass is 241 g/mol. The van der Waals surface area contributed by atoms with Crippen LogP contribution in [-0.4, -0.2) is 16.7 Å². The Morgan fingerprint density at radius 1 is 0.944 bits per heavy atom. The average Bonchev–Trinajstić information content (AvgIpc) is 2.37. The fourth-order valence-electron chi connectivity index (χ4n) is 1.93. The topological polar surface area (TPSA) is 37.8 Å². The number of hydrogen-bond acceptors (Lipinski definition) is 3. The minimum absolute atomic E-state index is 0.860. The normalized spacial score (nSPS) is 10.4. The molecule has 0 aliphatic heterocycles. The first kappa shape index (κ1) is 12.6. The van der Waals surface area contributed by atoms with Crippen molar-refractivity contribution < 1.29 is 0 Å². The molecule has 0 amide bonds. The molecule has 1 aromatic carbocycles. The number of hydrogen-bond donors (Lipinski definition) is 1. The summed E-state index contributed by atoms with van der Waals surface area (Å²) in [5.41, 5.74) is 5.70. The molecular formula is C15H19N3. The van der Waals surface area contributed by atoms with Crippen molar-refractivity contribution >= 4 is 5.82 Å². The third kappa shape index (κ3) is 2.35. The summed E-state index contributed by atoms with van der Waals surface area (Å²) in [5, 5.41) is 11.8. The van der Waals surface area contributed by atoms with Crippen molar-refractivity contribution in [1.82, 2.24) is 10.2 Å². The summed E-state index contributed by atoms with van der Waals surface area (Å²) < 4.78 is 0. The largest absolute Gasteiger partial charge is 0.369 e. The fourth-order valence-corrected chi connectivity index (χ4v) is 1.93. The molecule has 1 N–H and O–H groups in total. The molecule has 0 saturated carbocycles. The van der Waals surface area contributed by atoms with Gasteiger partial charge in [0.1, 0.15) is 0 Å². The van der Waals surface area contributed by atoms with Crippen LogP contribution in [-0.2, 0) is 0 Å². The summed E-state index contributed by atoms with van der Waals surface area (Å²) in [5.74, 6) is 0.880. The number of nitrogens with one attached hydrogen (secondary N) is 1. The summed E-state index contributed by atoms with van der Waals surface area (Å²) in [7, 11) is 0. The van der Waals surface area contributed by atoms with Crippen LogP contribution in [0.3, 0.4) is 0 Å². The molecule has 0 radical (unpaired) electrons. The quantitative estimate of drug-likeness (QED) is 0.893. The zero-order valence-electron chi connectivity index (χ0n) is 11.4. The van der Waals surface area contributed by atoms with E-state index in [0.717, 1.165) is 23.6 Å². The van der Waals surface area contributed by atoms with Gasteiger partial charge in [-0.2, -0.15) is 0 Å². The maximum Gasteiger partial charge on any atom is 0.151 e. The molecule has 0 spiro atoms. The Bertz CT molecular complexity index is 544. The van der Waals surface area contributed by atoms with E-state index in [1.807, 2.05) is 0 Å². The second kappa shape index (κ2) is 5.17. The first-order valence-corrected chi connectivity index (χ1v) is 6.28. The molecule has 0 atom stereocenters. The van der Waals surface area contributed by atoms with E-state index in [4.69, 9.17) is 0 Å². The van der Waals surface area contributed by atoms with Gasteiger partial charge in [0.15, 0.2) is 5.82 Å². The molecule has 3 heteroatoms. The molecule has 18 heavy (non-hydrogen) atoms. The van der Waals surface area contributed by atoms with Gasteiger partial charge in [-0.1, -0.05) is 29.8 Å². The Morgan fingerprint density at radius 3 is 2.22 bits per heavy atom. The second-order valence-corrected chi connectivity index (χ2v) is 4.54. The standard InChI is InChI=1S/C15H19N3/c1-5-16-15-12(4)11(3)14(17-18-15)13-8-6-10(2)7-9-13/h6-9H,5H2,1-4H3,(H,16,18). The Morgan fingerprint density at radius 2 is 1.61 bits per heavy atom. The SMILES string of the molecule is CCNc1nnc(-c2ccc(C)cc2)c(C)c1C. The highest BCUT2D eigenvalue weighted by Crippen LogP contribution is 2.25. The van der Waals surface area contributed by atoms with Crippen LogP contribution in [0.4, 0.5) is 5.82 Å². The molecule has 2 aromatic rings. The van der Waals surface area contributed by atoms with Crippen molar-refractivity contribution in [3.05, 3.63) is 41.0 Å². The van der Waals surface area contributed by atoms with Gasteiger partial charge >= 0.3 is 0 Å². The van der Waals surface area contributed by atoms with Crippen LogP contribution >= 0.6 is 0 Å². The number of anilines is 1. The van der Waals surface area contributed by atoms with E-state index in [0.29, 0.717) is 0 Å². The Balaban J connectivity index is 2.46. The number of benzene rings is 1. The van der Waals surface area contributed by atoms with Crippen molar-refractivity contribution in [3.8, 4) is 11.3 Å². The molecule has 0 bridgehead atoms. The van der Waals surface area contributed by atoms with E-state index in [1.165, 1.54) is 16.7 Å².